The highest BCUT2D eigenvalue weighted by molar-refractivity contribution is 7.87. The highest BCUT2D eigenvalue weighted by atomic mass is 35.5. The average molecular weight is 508 g/mol. The largest absolute Gasteiger partial charge is 0.423 e. The predicted molar refractivity (Wildman–Crippen MR) is 125 cm³/mol. The molecule has 0 atom stereocenters. The van der Waals surface area contributed by atoms with Crippen molar-refractivity contribution in [2.45, 2.75) is 4.90 Å². The van der Waals surface area contributed by atoms with Crippen LogP contribution in [0.2, 0.25) is 15.1 Å². The molecule has 0 bridgehead atoms. The Labute approximate surface area is 199 Å². The first-order valence-corrected chi connectivity index (χ1v) is 11.7. The fraction of sp³-hybridized carbons (Fsp3) is 0. The van der Waals surface area contributed by atoms with E-state index in [1.54, 1.807) is 18.2 Å². The molecule has 4 aromatic rings. The van der Waals surface area contributed by atoms with Crippen LogP contribution in [-0.4, -0.2) is 14.4 Å². The first-order valence-electron chi connectivity index (χ1n) is 9.14. The van der Waals surface area contributed by atoms with Gasteiger partial charge in [-0.3, -0.25) is 0 Å². The van der Waals surface area contributed by atoms with E-state index in [0.29, 0.717) is 5.75 Å². The van der Waals surface area contributed by atoms with E-state index < -0.39 is 16.1 Å². The van der Waals surface area contributed by atoms with Crippen LogP contribution in [0, 0.1) is 0 Å². The number of para-hydroxylation sites is 1. The lowest BCUT2D eigenvalue weighted by atomic mass is 10.1. The van der Waals surface area contributed by atoms with E-state index in [4.69, 9.17) is 43.7 Å². The Kier molecular flexibility index (Phi) is 6.31. The fourth-order valence-corrected chi connectivity index (χ4v) is 4.89. The first-order chi connectivity index (χ1) is 15.2. The van der Waals surface area contributed by atoms with Gasteiger partial charge in [-0.1, -0.05) is 77.3 Å². The van der Waals surface area contributed by atoms with Crippen LogP contribution in [0.15, 0.2) is 83.8 Å². The minimum Gasteiger partial charge on any atom is -0.423 e. The SMILES string of the molecule is O=C(Oc1ccc2ccccc2c1)c1ccccc1OS(=O)(=O)c1cc(Cl)c(Cl)cc1Cl. The highest BCUT2D eigenvalue weighted by Crippen LogP contribution is 2.34. The number of benzene rings is 4. The van der Waals surface area contributed by atoms with Crippen molar-refractivity contribution in [3.63, 3.8) is 0 Å². The normalized spacial score (nSPS) is 11.3. The summed E-state index contributed by atoms with van der Waals surface area (Å²) < 4.78 is 36.3. The third kappa shape index (κ3) is 4.69. The molecule has 4 aromatic carbocycles. The number of esters is 1. The van der Waals surface area contributed by atoms with Gasteiger partial charge in [0.1, 0.15) is 16.2 Å². The molecule has 0 aliphatic heterocycles. The van der Waals surface area contributed by atoms with Crippen molar-refractivity contribution in [1.82, 2.24) is 0 Å². The molecule has 0 aliphatic carbocycles. The van der Waals surface area contributed by atoms with Crippen molar-refractivity contribution in [3.8, 4) is 11.5 Å². The van der Waals surface area contributed by atoms with Gasteiger partial charge in [0.25, 0.3) is 0 Å². The summed E-state index contributed by atoms with van der Waals surface area (Å²) in [6.45, 7) is 0. The summed E-state index contributed by atoms with van der Waals surface area (Å²) in [5, 5.41) is 1.78. The molecule has 0 aliphatic rings. The summed E-state index contributed by atoms with van der Waals surface area (Å²) in [6.07, 6.45) is 0. The molecule has 4 rings (SSSR count). The molecule has 32 heavy (non-hydrogen) atoms. The summed E-state index contributed by atoms with van der Waals surface area (Å²) in [6, 6.07) is 20.9. The summed E-state index contributed by atoms with van der Waals surface area (Å²) in [4.78, 5) is 12.4. The second kappa shape index (κ2) is 9.00. The summed E-state index contributed by atoms with van der Waals surface area (Å²) in [5.74, 6) is -0.703. The molecule has 0 radical (unpaired) electrons. The quantitative estimate of drug-likeness (QED) is 0.129. The lowest BCUT2D eigenvalue weighted by Crippen LogP contribution is -2.15. The van der Waals surface area contributed by atoms with Gasteiger partial charge < -0.3 is 8.92 Å². The monoisotopic (exact) mass is 506 g/mol. The van der Waals surface area contributed by atoms with E-state index in [2.05, 4.69) is 0 Å². The smallest absolute Gasteiger partial charge is 0.347 e. The number of carbonyl (C=O) groups excluding carboxylic acids is 1. The fourth-order valence-electron chi connectivity index (χ4n) is 2.96. The minimum absolute atomic E-state index is 0.0118. The molecule has 0 N–H and O–H groups in total. The zero-order valence-electron chi connectivity index (χ0n) is 16.1. The van der Waals surface area contributed by atoms with Crippen LogP contribution in [0.3, 0.4) is 0 Å². The van der Waals surface area contributed by atoms with Crippen molar-refractivity contribution < 1.29 is 22.1 Å². The molecule has 5 nitrogen and oxygen atoms in total. The van der Waals surface area contributed by atoms with E-state index in [-0.39, 0.29) is 31.3 Å². The van der Waals surface area contributed by atoms with Crippen LogP contribution in [0.5, 0.6) is 11.5 Å². The summed E-state index contributed by atoms with van der Waals surface area (Å²) >= 11 is 17.8. The zero-order valence-corrected chi connectivity index (χ0v) is 19.2. The molecule has 0 unspecified atom stereocenters. The van der Waals surface area contributed by atoms with E-state index in [0.717, 1.165) is 16.8 Å². The summed E-state index contributed by atoms with van der Waals surface area (Å²) in [5.41, 5.74) is -0.0829. The zero-order chi connectivity index (χ0) is 22.9. The first kappa shape index (κ1) is 22.4. The molecule has 0 spiro atoms. The molecule has 0 aromatic heterocycles. The van der Waals surface area contributed by atoms with Gasteiger partial charge in [0.15, 0.2) is 5.75 Å². The maximum absolute atomic E-state index is 12.8. The second-order valence-corrected chi connectivity index (χ2v) is 9.37. The Bertz CT molecular complexity index is 1450. The van der Waals surface area contributed by atoms with E-state index in [9.17, 15) is 13.2 Å². The van der Waals surface area contributed by atoms with Crippen LogP contribution in [-0.2, 0) is 10.1 Å². The van der Waals surface area contributed by atoms with E-state index in [1.165, 1.54) is 24.3 Å². The van der Waals surface area contributed by atoms with Gasteiger partial charge in [-0.2, -0.15) is 8.42 Å². The number of carbonyl (C=O) groups is 1. The Hall–Kier alpha value is -2.77. The highest BCUT2D eigenvalue weighted by Gasteiger charge is 2.25. The lowest BCUT2D eigenvalue weighted by molar-refractivity contribution is 0.0733. The topological polar surface area (TPSA) is 69.7 Å². The molecule has 0 saturated carbocycles. The standard InChI is InChI=1S/C23H13Cl3O5S/c24-18-12-20(26)22(13-19(18)25)32(28,29)31-21-8-4-3-7-17(21)23(27)30-16-10-9-14-5-1-2-6-15(14)11-16/h1-13H. The third-order valence-corrected chi connectivity index (χ3v) is 6.90. The third-order valence-electron chi connectivity index (χ3n) is 4.48. The molecule has 0 amide bonds. The van der Waals surface area contributed by atoms with Crippen LogP contribution in [0.4, 0.5) is 0 Å². The van der Waals surface area contributed by atoms with Crippen molar-refractivity contribution in [2.24, 2.45) is 0 Å². The lowest BCUT2D eigenvalue weighted by Gasteiger charge is -2.13. The van der Waals surface area contributed by atoms with Gasteiger partial charge in [-0.15, -0.1) is 0 Å². The van der Waals surface area contributed by atoms with Gasteiger partial charge >= 0.3 is 16.1 Å². The van der Waals surface area contributed by atoms with Gasteiger partial charge in [0, 0.05) is 0 Å². The number of hydrogen-bond acceptors (Lipinski definition) is 5. The predicted octanol–water partition coefficient (Wildman–Crippen LogP) is 6.79. The van der Waals surface area contributed by atoms with Crippen molar-refractivity contribution in [3.05, 3.63) is 99.5 Å². The van der Waals surface area contributed by atoms with Crippen LogP contribution >= 0.6 is 34.8 Å². The Balaban J connectivity index is 1.63. The number of halogens is 3. The second-order valence-electron chi connectivity index (χ2n) is 6.63. The van der Waals surface area contributed by atoms with Gasteiger partial charge in [0.05, 0.1) is 15.1 Å². The van der Waals surface area contributed by atoms with E-state index in [1.807, 2.05) is 30.3 Å². The molecule has 9 heteroatoms. The van der Waals surface area contributed by atoms with E-state index >= 15 is 0 Å². The van der Waals surface area contributed by atoms with Gasteiger partial charge in [0.2, 0.25) is 0 Å². The van der Waals surface area contributed by atoms with Crippen LogP contribution < -0.4 is 8.92 Å². The minimum atomic E-state index is -4.42. The molecular weight excluding hydrogens is 495 g/mol. The van der Waals surface area contributed by atoms with Gasteiger partial charge in [-0.05, 0) is 47.2 Å². The number of fused-ring (bicyclic) bond motifs is 1. The van der Waals surface area contributed by atoms with Crippen molar-refractivity contribution >= 4 is 61.7 Å². The van der Waals surface area contributed by atoms with Crippen molar-refractivity contribution in [1.29, 1.82) is 0 Å². The van der Waals surface area contributed by atoms with Crippen molar-refractivity contribution in [2.75, 3.05) is 0 Å². The molecule has 0 fully saturated rings. The van der Waals surface area contributed by atoms with Crippen LogP contribution in [0.1, 0.15) is 10.4 Å². The molecule has 162 valence electrons. The Morgan fingerprint density at radius 1 is 0.719 bits per heavy atom. The maximum Gasteiger partial charge on any atom is 0.347 e. The number of rotatable bonds is 5. The Morgan fingerprint density at radius 2 is 1.38 bits per heavy atom. The van der Waals surface area contributed by atoms with Crippen LogP contribution in [0.25, 0.3) is 10.8 Å². The molecular formula is C23H13Cl3O5S. The average Bonchev–Trinajstić information content (AvgIpc) is 2.76. The molecule has 0 heterocycles. The van der Waals surface area contributed by atoms with Gasteiger partial charge in [-0.25, -0.2) is 4.79 Å². The Morgan fingerprint density at radius 3 is 2.16 bits per heavy atom. The summed E-state index contributed by atoms with van der Waals surface area (Å²) in [7, 11) is -4.42. The number of hydrogen-bond donors (Lipinski definition) is 0. The maximum atomic E-state index is 12.8. The molecule has 0 saturated heterocycles. The number of ether oxygens (including phenoxy) is 1.